The molecule has 0 bridgehead atoms. The van der Waals surface area contributed by atoms with E-state index >= 15 is 0 Å². The maximum atomic E-state index is 12.3. The normalized spacial score (nSPS) is 17.9. The van der Waals surface area contributed by atoms with Crippen molar-refractivity contribution in [3.8, 4) is 0 Å². The Kier molecular flexibility index (Phi) is 2.93. The second kappa shape index (κ2) is 4.63. The molecule has 1 atom stereocenters. The third-order valence-corrected chi connectivity index (χ3v) is 3.78. The minimum absolute atomic E-state index is 0.0245. The maximum Gasteiger partial charge on any atom is 0.340 e. The van der Waals surface area contributed by atoms with Crippen molar-refractivity contribution >= 4 is 11.8 Å². The fraction of sp³-hybridized carbons (Fsp3) is 0.250. The predicted octanol–water partition coefficient (Wildman–Crippen LogP) is 3.20. The van der Waals surface area contributed by atoms with Crippen LogP contribution in [0.25, 0.3) is 0 Å². The lowest BCUT2D eigenvalue weighted by molar-refractivity contribution is 0.0690. The summed E-state index contributed by atoms with van der Waals surface area (Å²) >= 11 is 0. The molecule has 0 amide bonds. The van der Waals surface area contributed by atoms with Gasteiger partial charge in [0.25, 0.3) is 0 Å². The maximum absolute atomic E-state index is 12.3. The van der Waals surface area contributed by atoms with Gasteiger partial charge in [-0.2, -0.15) is 0 Å². The number of rotatable bonds is 2. The quantitative estimate of drug-likeness (QED) is 0.909. The van der Waals surface area contributed by atoms with Crippen LogP contribution in [0, 0.1) is 6.92 Å². The van der Waals surface area contributed by atoms with Gasteiger partial charge in [0.1, 0.15) is 17.1 Å². The first-order valence-corrected chi connectivity index (χ1v) is 6.51. The number of hydrogen-bond donors (Lipinski definition) is 1. The first-order chi connectivity index (χ1) is 9.58. The van der Waals surface area contributed by atoms with Gasteiger partial charge >= 0.3 is 5.97 Å². The Morgan fingerprint density at radius 1 is 1.25 bits per heavy atom. The molecule has 4 nitrogen and oxygen atoms in total. The molecule has 0 aliphatic heterocycles. The molecule has 20 heavy (non-hydrogen) atoms. The molecule has 102 valence electrons. The van der Waals surface area contributed by atoms with Crippen LogP contribution in [0.15, 0.2) is 34.7 Å². The molecular weight excluding hydrogens is 256 g/mol. The number of aryl methyl sites for hydroxylation is 1. The molecule has 2 aromatic rings. The molecule has 4 heteroatoms. The summed E-state index contributed by atoms with van der Waals surface area (Å²) in [6.07, 6.45) is 0.898. The number of ketones is 1. The highest BCUT2D eigenvalue weighted by Gasteiger charge is 2.34. The average molecular weight is 270 g/mol. The predicted molar refractivity (Wildman–Crippen MR) is 72.2 cm³/mol. The number of Topliss-reactive ketones (excluding diaryl/α,β-unsaturated/α-hetero) is 1. The van der Waals surface area contributed by atoms with Gasteiger partial charge in [-0.1, -0.05) is 30.3 Å². The molecule has 0 radical (unpaired) electrons. The van der Waals surface area contributed by atoms with Crippen LogP contribution in [0.5, 0.6) is 0 Å². The molecule has 1 heterocycles. The number of benzene rings is 1. The third-order valence-electron chi connectivity index (χ3n) is 3.78. The van der Waals surface area contributed by atoms with Gasteiger partial charge in [-0.3, -0.25) is 4.79 Å². The van der Waals surface area contributed by atoms with E-state index < -0.39 is 5.97 Å². The zero-order valence-electron chi connectivity index (χ0n) is 11.1. The molecule has 1 aromatic carbocycles. The highest BCUT2D eigenvalue weighted by Crippen LogP contribution is 2.36. The van der Waals surface area contributed by atoms with Gasteiger partial charge in [-0.05, 0) is 18.4 Å². The summed E-state index contributed by atoms with van der Waals surface area (Å²) in [5.41, 5.74) is 1.37. The van der Waals surface area contributed by atoms with Crippen LogP contribution in [0.3, 0.4) is 0 Å². The smallest absolute Gasteiger partial charge is 0.340 e. The molecule has 0 spiro atoms. The zero-order valence-corrected chi connectivity index (χ0v) is 11.1. The number of carbonyl (C=O) groups excluding carboxylic acids is 1. The summed E-state index contributed by atoms with van der Waals surface area (Å²) in [4.78, 5) is 23.5. The van der Waals surface area contributed by atoms with E-state index in [0.29, 0.717) is 24.4 Å². The molecule has 1 aliphatic carbocycles. The molecule has 0 saturated heterocycles. The number of hydrogen-bond acceptors (Lipinski definition) is 3. The standard InChI is InChI=1S/C16H14O4/c1-9-14(16(18)19)15-12(17)7-11(8-13(15)20-9)10-5-3-2-4-6-10/h2-6,11H,7-8H2,1H3,(H,18,19). The minimum atomic E-state index is -1.10. The van der Waals surface area contributed by atoms with Crippen molar-refractivity contribution in [2.24, 2.45) is 0 Å². The van der Waals surface area contributed by atoms with Gasteiger partial charge in [0, 0.05) is 12.8 Å². The van der Waals surface area contributed by atoms with E-state index in [0.717, 1.165) is 5.56 Å². The number of furan rings is 1. The monoisotopic (exact) mass is 270 g/mol. The fourth-order valence-corrected chi connectivity index (χ4v) is 2.88. The highest BCUT2D eigenvalue weighted by molar-refractivity contribution is 6.08. The average Bonchev–Trinajstić information content (AvgIpc) is 2.76. The van der Waals surface area contributed by atoms with Gasteiger partial charge in [-0.25, -0.2) is 4.79 Å². The van der Waals surface area contributed by atoms with Crippen molar-refractivity contribution in [3.63, 3.8) is 0 Å². The van der Waals surface area contributed by atoms with Gasteiger partial charge in [0.15, 0.2) is 5.78 Å². The van der Waals surface area contributed by atoms with E-state index in [-0.39, 0.29) is 22.8 Å². The van der Waals surface area contributed by atoms with E-state index in [2.05, 4.69) is 0 Å². The Hall–Kier alpha value is -2.36. The molecule has 1 N–H and O–H groups in total. The number of carboxylic acid groups (broad SMARTS) is 1. The molecule has 0 fully saturated rings. The Balaban J connectivity index is 2.03. The Morgan fingerprint density at radius 3 is 2.60 bits per heavy atom. The molecule has 1 aromatic heterocycles. The van der Waals surface area contributed by atoms with Crippen LogP contribution < -0.4 is 0 Å². The van der Waals surface area contributed by atoms with E-state index in [9.17, 15) is 14.7 Å². The second-order valence-corrected chi connectivity index (χ2v) is 5.08. The van der Waals surface area contributed by atoms with Crippen molar-refractivity contribution in [2.75, 3.05) is 0 Å². The summed E-state index contributed by atoms with van der Waals surface area (Å²) in [5, 5.41) is 9.20. The van der Waals surface area contributed by atoms with Gasteiger partial charge in [0.05, 0.1) is 5.56 Å². The van der Waals surface area contributed by atoms with Gasteiger partial charge in [-0.15, -0.1) is 0 Å². The van der Waals surface area contributed by atoms with E-state index in [1.165, 1.54) is 0 Å². The van der Waals surface area contributed by atoms with Crippen LogP contribution in [-0.2, 0) is 6.42 Å². The largest absolute Gasteiger partial charge is 0.478 e. The molecule has 1 aliphatic rings. The first kappa shape index (κ1) is 12.7. The lowest BCUT2D eigenvalue weighted by Crippen LogP contribution is -2.19. The van der Waals surface area contributed by atoms with Crippen LogP contribution in [-0.4, -0.2) is 16.9 Å². The topological polar surface area (TPSA) is 67.5 Å². The highest BCUT2D eigenvalue weighted by atomic mass is 16.4. The Labute approximate surface area is 116 Å². The van der Waals surface area contributed by atoms with Crippen molar-refractivity contribution in [2.45, 2.75) is 25.7 Å². The van der Waals surface area contributed by atoms with Crippen molar-refractivity contribution in [1.29, 1.82) is 0 Å². The molecule has 3 rings (SSSR count). The van der Waals surface area contributed by atoms with E-state index in [4.69, 9.17) is 4.42 Å². The van der Waals surface area contributed by atoms with Crippen molar-refractivity contribution in [1.82, 2.24) is 0 Å². The van der Waals surface area contributed by atoms with E-state index in [1.807, 2.05) is 30.3 Å². The zero-order chi connectivity index (χ0) is 14.3. The van der Waals surface area contributed by atoms with E-state index in [1.54, 1.807) is 6.92 Å². The lowest BCUT2D eigenvalue weighted by atomic mass is 9.81. The van der Waals surface area contributed by atoms with Crippen LogP contribution >= 0.6 is 0 Å². The first-order valence-electron chi connectivity index (χ1n) is 6.51. The summed E-state index contributed by atoms with van der Waals surface area (Å²) in [6.45, 7) is 1.59. The van der Waals surface area contributed by atoms with Gasteiger partial charge in [0.2, 0.25) is 0 Å². The van der Waals surface area contributed by atoms with Gasteiger partial charge < -0.3 is 9.52 Å². The number of carboxylic acids is 1. The summed E-state index contributed by atoms with van der Waals surface area (Å²) in [7, 11) is 0. The summed E-state index contributed by atoms with van der Waals surface area (Å²) in [5.74, 6) is -0.369. The molecule has 0 saturated carbocycles. The number of aromatic carboxylic acids is 1. The number of fused-ring (bicyclic) bond motifs is 1. The minimum Gasteiger partial charge on any atom is -0.478 e. The Bertz CT molecular complexity index is 682. The van der Waals surface area contributed by atoms with Crippen LogP contribution in [0.2, 0.25) is 0 Å². The van der Waals surface area contributed by atoms with Crippen molar-refractivity contribution in [3.05, 3.63) is 58.5 Å². The third kappa shape index (κ3) is 1.93. The summed E-state index contributed by atoms with van der Waals surface area (Å²) in [6, 6.07) is 9.77. The SMILES string of the molecule is Cc1oc2c(c1C(=O)O)C(=O)CC(c1ccccc1)C2. The second-order valence-electron chi connectivity index (χ2n) is 5.08. The lowest BCUT2D eigenvalue weighted by Gasteiger charge is -2.20. The Morgan fingerprint density at radius 2 is 1.95 bits per heavy atom. The van der Waals surface area contributed by atoms with Crippen LogP contribution in [0.4, 0.5) is 0 Å². The fourth-order valence-electron chi connectivity index (χ4n) is 2.88. The molecular formula is C16H14O4. The number of carbonyl (C=O) groups is 2. The summed E-state index contributed by atoms with van der Waals surface area (Å²) < 4.78 is 5.52. The van der Waals surface area contributed by atoms with Crippen molar-refractivity contribution < 1.29 is 19.1 Å². The van der Waals surface area contributed by atoms with Crippen LogP contribution in [0.1, 0.15) is 50.1 Å². The molecule has 1 unspecified atom stereocenters.